The lowest BCUT2D eigenvalue weighted by Crippen LogP contribution is -2.26. The van der Waals surface area contributed by atoms with Gasteiger partial charge >= 0.3 is 0 Å². The van der Waals surface area contributed by atoms with Crippen molar-refractivity contribution in [3.05, 3.63) is 131 Å². The predicted octanol–water partition coefficient (Wildman–Crippen LogP) is 8.80. The van der Waals surface area contributed by atoms with Crippen LogP contribution in [0.2, 0.25) is 0 Å². The van der Waals surface area contributed by atoms with Gasteiger partial charge in [0.15, 0.2) is 0 Å². The van der Waals surface area contributed by atoms with E-state index in [1.165, 1.54) is 66.8 Å². The van der Waals surface area contributed by atoms with Crippen LogP contribution in [0.1, 0.15) is 36.1 Å². The van der Waals surface area contributed by atoms with Gasteiger partial charge in [-0.15, -0.1) is 0 Å². The van der Waals surface area contributed by atoms with Crippen molar-refractivity contribution in [2.24, 2.45) is 0 Å². The molecule has 2 aliphatic rings. The van der Waals surface area contributed by atoms with Gasteiger partial charge in [0, 0.05) is 39.7 Å². The van der Waals surface area contributed by atoms with Gasteiger partial charge in [-0.3, -0.25) is 0 Å². The van der Waals surface area contributed by atoms with Crippen molar-refractivity contribution in [3.8, 4) is 5.69 Å². The van der Waals surface area contributed by atoms with E-state index in [2.05, 4.69) is 133 Å². The average molecular weight is 463 g/mol. The second kappa shape index (κ2) is 6.89. The van der Waals surface area contributed by atoms with Crippen LogP contribution in [0.4, 0.5) is 17.1 Å². The van der Waals surface area contributed by atoms with Crippen LogP contribution in [0.15, 0.2) is 109 Å². The van der Waals surface area contributed by atoms with Crippen molar-refractivity contribution in [2.45, 2.75) is 25.7 Å². The van der Waals surface area contributed by atoms with Crippen molar-refractivity contribution >= 4 is 38.9 Å². The lowest BCUT2D eigenvalue weighted by molar-refractivity contribution is 0.630. The molecule has 3 heterocycles. The van der Waals surface area contributed by atoms with E-state index < -0.39 is 0 Å². The summed E-state index contributed by atoms with van der Waals surface area (Å²) in [7, 11) is 0. The maximum atomic E-state index is 2.49. The number of rotatable bonds is 1. The molecule has 0 atom stereocenters. The molecule has 36 heavy (non-hydrogen) atoms. The van der Waals surface area contributed by atoms with Gasteiger partial charge in [0.2, 0.25) is 0 Å². The summed E-state index contributed by atoms with van der Waals surface area (Å²) in [6.07, 6.45) is 0.972. The zero-order chi connectivity index (χ0) is 24.0. The Morgan fingerprint density at radius 2 is 1.22 bits per heavy atom. The summed E-state index contributed by atoms with van der Waals surface area (Å²) in [5, 5.41) is 2.63. The van der Waals surface area contributed by atoms with E-state index in [1.807, 2.05) is 0 Å². The van der Waals surface area contributed by atoms with Gasteiger partial charge in [0.25, 0.3) is 0 Å². The molecular weight excluding hydrogens is 436 g/mol. The summed E-state index contributed by atoms with van der Waals surface area (Å²) < 4.78 is 2.49. The Morgan fingerprint density at radius 3 is 1.97 bits per heavy atom. The first-order valence-corrected chi connectivity index (χ1v) is 12.8. The van der Waals surface area contributed by atoms with Crippen molar-refractivity contribution in [2.75, 3.05) is 4.90 Å². The standard InChI is InChI=1S/C34H26N2/c1-34(2)27-13-5-8-17-32(27)36-31-19-18-24(21-26(31)25-12-9-14-28(34)33(25)36)35-29-15-6-3-10-22(29)20-23-11-4-7-16-30(23)35/h3-19,21H,20H2,1-2H3. The molecule has 6 aromatic rings. The lowest BCUT2D eigenvalue weighted by Gasteiger charge is -2.34. The fourth-order valence-electron chi connectivity index (χ4n) is 6.66. The average Bonchev–Trinajstić information content (AvgIpc) is 3.25. The monoisotopic (exact) mass is 462 g/mol. The maximum Gasteiger partial charge on any atom is 0.0582 e. The van der Waals surface area contributed by atoms with Crippen LogP contribution in [0, 0.1) is 0 Å². The molecule has 0 N–H and O–H groups in total. The molecular formula is C34H26N2. The third-order valence-corrected chi connectivity index (χ3v) is 8.37. The van der Waals surface area contributed by atoms with Gasteiger partial charge in [0.05, 0.1) is 16.7 Å². The number of nitrogens with zero attached hydrogens (tertiary/aromatic N) is 2. The van der Waals surface area contributed by atoms with Crippen LogP contribution in [-0.2, 0) is 11.8 Å². The summed E-state index contributed by atoms with van der Waals surface area (Å²) in [4.78, 5) is 2.44. The molecule has 0 amide bonds. The van der Waals surface area contributed by atoms with Crippen LogP contribution in [-0.4, -0.2) is 4.57 Å². The highest BCUT2D eigenvalue weighted by Crippen LogP contribution is 2.49. The number of hydrogen-bond donors (Lipinski definition) is 0. The Balaban J connectivity index is 1.45. The largest absolute Gasteiger partial charge is 0.310 e. The Hall–Kier alpha value is -4.30. The SMILES string of the molecule is CC1(C)c2ccccc2-n2c3ccc(N4c5ccccc5Cc5ccccc54)cc3c3cccc1c32. The van der Waals surface area contributed by atoms with Crippen molar-refractivity contribution in [3.63, 3.8) is 0 Å². The number of anilines is 3. The summed E-state index contributed by atoms with van der Waals surface area (Å²) >= 11 is 0. The molecule has 0 bridgehead atoms. The molecule has 2 nitrogen and oxygen atoms in total. The quantitative estimate of drug-likeness (QED) is 0.237. The molecule has 0 aliphatic carbocycles. The molecule has 0 unspecified atom stereocenters. The Morgan fingerprint density at radius 1 is 0.583 bits per heavy atom. The minimum Gasteiger partial charge on any atom is -0.310 e. The van der Waals surface area contributed by atoms with Crippen LogP contribution in [0.5, 0.6) is 0 Å². The van der Waals surface area contributed by atoms with E-state index in [1.54, 1.807) is 0 Å². The van der Waals surface area contributed by atoms with Crippen LogP contribution in [0.25, 0.3) is 27.5 Å². The highest BCUT2D eigenvalue weighted by atomic mass is 15.2. The molecule has 8 rings (SSSR count). The number of para-hydroxylation sites is 4. The third kappa shape index (κ3) is 2.46. The first-order chi connectivity index (χ1) is 17.6. The Kier molecular flexibility index (Phi) is 3.82. The molecule has 2 aliphatic heterocycles. The van der Waals surface area contributed by atoms with Gasteiger partial charge in [0.1, 0.15) is 0 Å². The summed E-state index contributed by atoms with van der Waals surface area (Å²) in [6.45, 7) is 4.71. The van der Waals surface area contributed by atoms with Crippen molar-refractivity contribution < 1.29 is 0 Å². The Bertz CT molecular complexity index is 1810. The minimum absolute atomic E-state index is 0.0476. The first-order valence-electron chi connectivity index (χ1n) is 12.8. The molecule has 0 saturated carbocycles. The van der Waals surface area contributed by atoms with E-state index in [0.29, 0.717) is 0 Å². The minimum atomic E-state index is -0.0476. The van der Waals surface area contributed by atoms with Gasteiger partial charge in [-0.1, -0.05) is 86.6 Å². The zero-order valence-electron chi connectivity index (χ0n) is 20.5. The fraction of sp³-hybridized carbons (Fsp3) is 0.118. The van der Waals surface area contributed by atoms with Crippen molar-refractivity contribution in [1.29, 1.82) is 0 Å². The van der Waals surface area contributed by atoms with E-state index in [-0.39, 0.29) is 5.41 Å². The number of aromatic nitrogens is 1. The van der Waals surface area contributed by atoms with Gasteiger partial charge in [-0.2, -0.15) is 0 Å². The number of fused-ring (bicyclic) bond motifs is 7. The summed E-state index contributed by atoms with van der Waals surface area (Å²) in [5.74, 6) is 0. The predicted molar refractivity (Wildman–Crippen MR) is 150 cm³/mol. The third-order valence-electron chi connectivity index (χ3n) is 8.37. The van der Waals surface area contributed by atoms with E-state index in [4.69, 9.17) is 0 Å². The molecule has 0 saturated heterocycles. The van der Waals surface area contributed by atoms with Crippen LogP contribution in [0.3, 0.4) is 0 Å². The first kappa shape index (κ1) is 19.9. The van der Waals surface area contributed by atoms with E-state index in [0.717, 1.165) is 6.42 Å². The van der Waals surface area contributed by atoms with Gasteiger partial charge in [-0.05, 0) is 58.7 Å². The van der Waals surface area contributed by atoms with E-state index >= 15 is 0 Å². The number of benzene rings is 5. The number of hydrogen-bond acceptors (Lipinski definition) is 1. The molecule has 0 spiro atoms. The smallest absolute Gasteiger partial charge is 0.0582 e. The molecule has 5 aromatic carbocycles. The lowest BCUT2D eigenvalue weighted by atomic mass is 9.75. The van der Waals surface area contributed by atoms with Crippen molar-refractivity contribution in [1.82, 2.24) is 4.57 Å². The Labute approximate surface area is 211 Å². The second-order valence-electron chi connectivity index (χ2n) is 10.7. The highest BCUT2D eigenvalue weighted by Gasteiger charge is 2.35. The molecule has 0 fully saturated rings. The van der Waals surface area contributed by atoms with E-state index in [9.17, 15) is 0 Å². The summed E-state index contributed by atoms with van der Waals surface area (Å²) in [6, 6.07) is 40.4. The molecule has 1 aromatic heterocycles. The van der Waals surface area contributed by atoms with Gasteiger partial charge in [-0.25, -0.2) is 0 Å². The molecule has 0 radical (unpaired) electrons. The highest BCUT2D eigenvalue weighted by molar-refractivity contribution is 6.12. The zero-order valence-corrected chi connectivity index (χ0v) is 20.5. The van der Waals surface area contributed by atoms with Gasteiger partial charge < -0.3 is 9.47 Å². The fourth-order valence-corrected chi connectivity index (χ4v) is 6.66. The van der Waals surface area contributed by atoms with Crippen LogP contribution >= 0.6 is 0 Å². The normalized spacial score (nSPS) is 15.0. The topological polar surface area (TPSA) is 8.17 Å². The van der Waals surface area contributed by atoms with Crippen LogP contribution < -0.4 is 4.90 Å². The summed E-state index contributed by atoms with van der Waals surface area (Å²) in [5.41, 5.74) is 13.1. The second-order valence-corrected chi connectivity index (χ2v) is 10.7. The molecule has 172 valence electrons. The molecule has 2 heteroatoms. The maximum absolute atomic E-state index is 2.49.